The number of aromatic amines is 1. The van der Waals surface area contributed by atoms with Crippen molar-refractivity contribution < 1.29 is 9.47 Å². The Balaban J connectivity index is 1.35. The summed E-state index contributed by atoms with van der Waals surface area (Å²) in [7, 11) is 0. The van der Waals surface area contributed by atoms with Crippen LogP contribution in [0.2, 0.25) is 0 Å². The van der Waals surface area contributed by atoms with E-state index in [0.29, 0.717) is 6.61 Å². The van der Waals surface area contributed by atoms with Crippen LogP contribution in [0.25, 0.3) is 0 Å². The lowest BCUT2D eigenvalue weighted by Gasteiger charge is -2.04. The molecular formula is C15H19N3O2S. The summed E-state index contributed by atoms with van der Waals surface area (Å²) in [5.41, 5.74) is 0. The maximum Gasteiger partial charge on any atom is 0.208 e. The standard InChI is InChI=1S/C15H19N3O2S/c1-2-6-12(7-3-1)19-10-5-11-21-15-16-14(17-18-15)13-8-4-9-20-13/h1-3,6-7,13H,4-5,8-11H2,(H,16,17,18). The molecule has 1 atom stereocenters. The van der Waals surface area contributed by atoms with Gasteiger partial charge in [-0.3, -0.25) is 5.10 Å². The predicted octanol–water partition coefficient (Wildman–Crippen LogP) is 3.22. The first-order valence-corrected chi connectivity index (χ1v) is 8.25. The highest BCUT2D eigenvalue weighted by Gasteiger charge is 2.21. The van der Waals surface area contributed by atoms with Crippen molar-refractivity contribution in [2.24, 2.45) is 0 Å². The number of hydrogen-bond acceptors (Lipinski definition) is 5. The molecule has 0 aliphatic carbocycles. The molecule has 1 saturated heterocycles. The van der Waals surface area contributed by atoms with Crippen LogP contribution in [-0.2, 0) is 4.74 Å². The first-order valence-electron chi connectivity index (χ1n) is 7.26. The van der Waals surface area contributed by atoms with Gasteiger partial charge < -0.3 is 9.47 Å². The summed E-state index contributed by atoms with van der Waals surface area (Å²) < 4.78 is 11.2. The molecule has 1 aliphatic rings. The second-order valence-corrected chi connectivity index (χ2v) is 5.93. The average Bonchev–Trinajstić information content (AvgIpc) is 3.19. The predicted molar refractivity (Wildman–Crippen MR) is 81.6 cm³/mol. The van der Waals surface area contributed by atoms with Gasteiger partial charge in [-0.1, -0.05) is 30.0 Å². The molecule has 6 heteroatoms. The lowest BCUT2D eigenvalue weighted by atomic mass is 10.2. The van der Waals surface area contributed by atoms with Crippen molar-refractivity contribution in [1.29, 1.82) is 0 Å². The molecule has 0 spiro atoms. The lowest BCUT2D eigenvalue weighted by molar-refractivity contribution is 0.105. The quantitative estimate of drug-likeness (QED) is 0.628. The second kappa shape index (κ2) is 7.47. The minimum absolute atomic E-state index is 0.105. The molecule has 1 aliphatic heterocycles. The summed E-state index contributed by atoms with van der Waals surface area (Å²) in [5, 5.41) is 7.99. The fraction of sp³-hybridized carbons (Fsp3) is 0.467. The van der Waals surface area contributed by atoms with E-state index < -0.39 is 0 Å². The number of H-pyrrole nitrogens is 1. The number of benzene rings is 1. The summed E-state index contributed by atoms with van der Waals surface area (Å²) in [6.45, 7) is 1.53. The molecule has 1 fully saturated rings. The van der Waals surface area contributed by atoms with Crippen LogP contribution in [0.1, 0.15) is 31.2 Å². The SMILES string of the molecule is c1ccc(OCCCSc2n[nH]c(C3CCCO3)n2)cc1. The minimum atomic E-state index is 0.105. The van der Waals surface area contributed by atoms with Crippen LogP contribution in [-0.4, -0.2) is 34.1 Å². The van der Waals surface area contributed by atoms with Gasteiger partial charge >= 0.3 is 0 Å². The Bertz CT molecular complexity index is 541. The molecule has 2 aromatic rings. The Labute approximate surface area is 128 Å². The van der Waals surface area contributed by atoms with Crippen LogP contribution >= 0.6 is 11.8 Å². The van der Waals surface area contributed by atoms with Crippen LogP contribution in [0.4, 0.5) is 0 Å². The molecule has 1 unspecified atom stereocenters. The highest BCUT2D eigenvalue weighted by Crippen LogP contribution is 2.27. The topological polar surface area (TPSA) is 60.0 Å². The first-order chi connectivity index (χ1) is 10.4. The fourth-order valence-electron chi connectivity index (χ4n) is 2.19. The average molecular weight is 305 g/mol. The molecule has 2 heterocycles. The normalized spacial score (nSPS) is 18.0. The summed E-state index contributed by atoms with van der Waals surface area (Å²) in [5.74, 6) is 2.71. The summed E-state index contributed by atoms with van der Waals surface area (Å²) in [4.78, 5) is 4.48. The molecule has 0 saturated carbocycles. The largest absolute Gasteiger partial charge is 0.494 e. The Hall–Kier alpha value is -1.53. The van der Waals surface area contributed by atoms with E-state index in [-0.39, 0.29) is 6.10 Å². The van der Waals surface area contributed by atoms with Crippen molar-refractivity contribution in [3.63, 3.8) is 0 Å². The molecule has 21 heavy (non-hydrogen) atoms. The molecule has 0 radical (unpaired) electrons. The van der Waals surface area contributed by atoms with Crippen LogP contribution in [0.5, 0.6) is 5.75 Å². The third-order valence-electron chi connectivity index (χ3n) is 3.25. The van der Waals surface area contributed by atoms with Crippen LogP contribution in [0.3, 0.4) is 0 Å². The molecule has 0 amide bonds. The first kappa shape index (κ1) is 14.4. The third kappa shape index (κ3) is 4.22. The third-order valence-corrected chi connectivity index (χ3v) is 4.18. The molecule has 1 N–H and O–H groups in total. The molecule has 1 aromatic heterocycles. The number of aromatic nitrogens is 3. The zero-order chi connectivity index (χ0) is 14.3. The summed E-state index contributed by atoms with van der Waals surface area (Å²) >= 11 is 1.65. The van der Waals surface area contributed by atoms with E-state index in [1.807, 2.05) is 30.3 Å². The van der Waals surface area contributed by atoms with E-state index in [2.05, 4.69) is 15.2 Å². The van der Waals surface area contributed by atoms with E-state index in [0.717, 1.165) is 48.4 Å². The molecule has 0 bridgehead atoms. The smallest absolute Gasteiger partial charge is 0.208 e. The molecule has 112 valence electrons. The Morgan fingerprint density at radius 2 is 2.24 bits per heavy atom. The van der Waals surface area contributed by atoms with Crippen LogP contribution in [0.15, 0.2) is 35.5 Å². The van der Waals surface area contributed by atoms with E-state index in [1.165, 1.54) is 0 Å². The molecule has 5 nitrogen and oxygen atoms in total. The van der Waals surface area contributed by atoms with Crippen molar-refractivity contribution in [3.8, 4) is 5.75 Å². The van der Waals surface area contributed by atoms with Crippen molar-refractivity contribution >= 4 is 11.8 Å². The zero-order valence-corrected chi connectivity index (χ0v) is 12.6. The van der Waals surface area contributed by atoms with Gasteiger partial charge in [-0.2, -0.15) is 0 Å². The Kier molecular flexibility index (Phi) is 5.13. The number of nitrogens with zero attached hydrogens (tertiary/aromatic N) is 2. The van der Waals surface area contributed by atoms with E-state index in [4.69, 9.17) is 9.47 Å². The van der Waals surface area contributed by atoms with Gasteiger partial charge in [-0.05, 0) is 31.4 Å². The van der Waals surface area contributed by atoms with Crippen LogP contribution < -0.4 is 4.74 Å². The van der Waals surface area contributed by atoms with Gasteiger partial charge in [-0.25, -0.2) is 4.98 Å². The number of ether oxygens (including phenoxy) is 2. The highest BCUT2D eigenvalue weighted by atomic mass is 32.2. The maximum atomic E-state index is 5.65. The number of thioether (sulfide) groups is 1. The van der Waals surface area contributed by atoms with Gasteiger partial charge in [0.1, 0.15) is 11.9 Å². The summed E-state index contributed by atoms with van der Waals surface area (Å²) in [6, 6.07) is 9.87. The van der Waals surface area contributed by atoms with Gasteiger partial charge in [-0.15, -0.1) is 5.10 Å². The fourth-order valence-corrected chi connectivity index (χ4v) is 2.91. The van der Waals surface area contributed by atoms with Gasteiger partial charge in [0.25, 0.3) is 0 Å². The van der Waals surface area contributed by atoms with Gasteiger partial charge in [0.05, 0.1) is 6.61 Å². The van der Waals surface area contributed by atoms with Crippen molar-refractivity contribution in [2.75, 3.05) is 19.0 Å². The minimum Gasteiger partial charge on any atom is -0.494 e. The van der Waals surface area contributed by atoms with Gasteiger partial charge in [0.2, 0.25) is 5.16 Å². The molecule has 1 aromatic carbocycles. The second-order valence-electron chi connectivity index (χ2n) is 4.87. The Morgan fingerprint density at radius 1 is 1.33 bits per heavy atom. The van der Waals surface area contributed by atoms with Gasteiger partial charge in [0, 0.05) is 12.4 Å². The number of rotatable bonds is 7. The Morgan fingerprint density at radius 3 is 3.05 bits per heavy atom. The maximum absolute atomic E-state index is 5.65. The number of para-hydroxylation sites is 1. The summed E-state index contributed by atoms with van der Waals surface area (Å²) in [6.07, 6.45) is 3.20. The van der Waals surface area contributed by atoms with Gasteiger partial charge in [0.15, 0.2) is 5.82 Å². The van der Waals surface area contributed by atoms with Crippen molar-refractivity contribution in [2.45, 2.75) is 30.5 Å². The number of nitrogens with one attached hydrogen (secondary N) is 1. The number of hydrogen-bond donors (Lipinski definition) is 1. The van der Waals surface area contributed by atoms with E-state index >= 15 is 0 Å². The van der Waals surface area contributed by atoms with E-state index in [1.54, 1.807) is 11.8 Å². The zero-order valence-electron chi connectivity index (χ0n) is 11.8. The van der Waals surface area contributed by atoms with E-state index in [9.17, 15) is 0 Å². The van der Waals surface area contributed by atoms with Crippen LogP contribution in [0, 0.1) is 0 Å². The lowest BCUT2D eigenvalue weighted by Crippen LogP contribution is -1.99. The molecule has 3 rings (SSSR count). The van der Waals surface area contributed by atoms with Crippen molar-refractivity contribution in [3.05, 3.63) is 36.2 Å². The monoisotopic (exact) mass is 305 g/mol. The highest BCUT2D eigenvalue weighted by molar-refractivity contribution is 7.99. The van der Waals surface area contributed by atoms with Crippen molar-refractivity contribution in [1.82, 2.24) is 15.2 Å². The molecular weight excluding hydrogens is 286 g/mol.